The van der Waals surface area contributed by atoms with Gasteiger partial charge in [0.05, 0.1) is 21.6 Å². The summed E-state index contributed by atoms with van der Waals surface area (Å²) in [5.74, 6) is -1.64. The maximum absolute atomic E-state index is 15.2. The largest absolute Gasteiger partial charge is 0.364 e. The van der Waals surface area contributed by atoms with Gasteiger partial charge in [0.1, 0.15) is 23.1 Å². The predicted octanol–water partition coefficient (Wildman–Crippen LogP) is 3.15. The summed E-state index contributed by atoms with van der Waals surface area (Å²) in [6.07, 6.45) is 0. The highest BCUT2D eigenvalue weighted by molar-refractivity contribution is 6.33. The molecule has 0 amide bonds. The molecule has 6 nitrogen and oxygen atoms in total. The van der Waals surface area contributed by atoms with E-state index in [0.717, 1.165) is 12.1 Å². The molecule has 9 heteroatoms. The van der Waals surface area contributed by atoms with Gasteiger partial charge in [0.2, 0.25) is 0 Å². The third-order valence-corrected chi connectivity index (χ3v) is 5.33. The number of aromatic amines is 1. The van der Waals surface area contributed by atoms with Crippen LogP contribution in [0.3, 0.4) is 0 Å². The van der Waals surface area contributed by atoms with E-state index in [2.05, 4.69) is 14.9 Å². The van der Waals surface area contributed by atoms with E-state index in [1.807, 2.05) is 13.1 Å². The lowest BCUT2D eigenvalue weighted by Crippen LogP contribution is -2.45. The lowest BCUT2D eigenvalue weighted by Gasteiger charge is -2.34. The van der Waals surface area contributed by atoms with Crippen molar-refractivity contribution in [2.24, 2.45) is 0 Å². The second kappa shape index (κ2) is 7.43. The first kappa shape index (κ1) is 19.3. The van der Waals surface area contributed by atoms with Crippen molar-refractivity contribution < 1.29 is 8.78 Å². The van der Waals surface area contributed by atoms with Crippen molar-refractivity contribution in [1.29, 1.82) is 5.26 Å². The van der Waals surface area contributed by atoms with E-state index in [0.29, 0.717) is 26.2 Å². The maximum Gasteiger partial charge on any atom is 0.193 e. The van der Waals surface area contributed by atoms with Crippen molar-refractivity contribution in [2.45, 2.75) is 0 Å². The number of likely N-dealkylation sites (N-methyl/N-ethyl adjacent to an activating group) is 1. The minimum absolute atomic E-state index is 0.000560. The van der Waals surface area contributed by atoms with E-state index < -0.39 is 17.1 Å². The number of hydrogen-bond donors (Lipinski definition) is 1. The summed E-state index contributed by atoms with van der Waals surface area (Å²) >= 11 is 6.14. The van der Waals surface area contributed by atoms with E-state index in [9.17, 15) is 9.18 Å². The Morgan fingerprint density at radius 2 is 1.93 bits per heavy atom. The van der Waals surface area contributed by atoms with Crippen LogP contribution in [0.25, 0.3) is 22.3 Å². The third-order valence-electron chi connectivity index (χ3n) is 5.02. The molecule has 3 aromatic rings. The molecule has 1 aromatic carbocycles. The van der Waals surface area contributed by atoms with Crippen LogP contribution in [-0.2, 0) is 0 Å². The summed E-state index contributed by atoms with van der Waals surface area (Å²) in [5, 5.41) is 9.01. The number of pyridine rings is 2. The van der Waals surface area contributed by atoms with Crippen LogP contribution in [0.5, 0.6) is 0 Å². The van der Waals surface area contributed by atoms with Crippen LogP contribution < -0.4 is 10.3 Å². The van der Waals surface area contributed by atoms with Gasteiger partial charge in [-0.25, -0.2) is 13.8 Å². The quantitative estimate of drug-likeness (QED) is 0.696. The van der Waals surface area contributed by atoms with Crippen LogP contribution in [0.2, 0.25) is 5.02 Å². The summed E-state index contributed by atoms with van der Waals surface area (Å²) in [7, 11) is 1.94. The van der Waals surface area contributed by atoms with Crippen molar-refractivity contribution in [3.63, 3.8) is 0 Å². The average molecular weight is 416 g/mol. The van der Waals surface area contributed by atoms with Gasteiger partial charge in [-0.3, -0.25) is 4.79 Å². The highest BCUT2D eigenvalue weighted by atomic mass is 35.5. The summed E-state index contributed by atoms with van der Waals surface area (Å²) in [6.45, 7) is 2.27. The Morgan fingerprint density at radius 3 is 2.62 bits per heavy atom. The number of fused-ring (bicyclic) bond motifs is 1. The minimum atomic E-state index is -0.887. The zero-order valence-electron chi connectivity index (χ0n) is 15.5. The SMILES string of the molecule is CN1CCN(c2c(F)cc3[nH]c(-c4nc(C#N)ccc4Cl)cc(=O)c3c2F)CC1. The van der Waals surface area contributed by atoms with Crippen molar-refractivity contribution in [3.8, 4) is 17.5 Å². The van der Waals surface area contributed by atoms with E-state index in [4.69, 9.17) is 16.9 Å². The lowest BCUT2D eigenvalue weighted by molar-refractivity contribution is 0.310. The molecule has 2 aromatic heterocycles. The van der Waals surface area contributed by atoms with Crippen molar-refractivity contribution in [1.82, 2.24) is 14.9 Å². The van der Waals surface area contributed by atoms with Crippen LogP contribution >= 0.6 is 11.6 Å². The average Bonchev–Trinajstić information content (AvgIpc) is 2.69. The molecule has 0 aliphatic carbocycles. The van der Waals surface area contributed by atoms with Crippen molar-refractivity contribution in [3.05, 3.63) is 56.8 Å². The number of nitrogens with one attached hydrogen (secondary N) is 1. The fourth-order valence-corrected chi connectivity index (χ4v) is 3.68. The van der Waals surface area contributed by atoms with Crippen molar-refractivity contribution >= 4 is 28.2 Å². The molecule has 1 fully saturated rings. The molecule has 0 radical (unpaired) electrons. The second-order valence-electron chi connectivity index (χ2n) is 6.92. The number of H-pyrrole nitrogens is 1. The number of benzene rings is 1. The summed E-state index contributed by atoms with van der Waals surface area (Å²) in [4.78, 5) is 23.3. The molecule has 0 atom stereocenters. The summed E-state index contributed by atoms with van der Waals surface area (Å²) in [5.41, 5.74) is -0.369. The van der Waals surface area contributed by atoms with Crippen LogP contribution in [0, 0.1) is 23.0 Å². The molecule has 0 unspecified atom stereocenters. The summed E-state index contributed by atoms with van der Waals surface area (Å²) < 4.78 is 30.0. The number of nitrogens with zero attached hydrogens (tertiary/aromatic N) is 4. The molecule has 1 saturated heterocycles. The van der Waals surface area contributed by atoms with E-state index in [-0.39, 0.29) is 38.7 Å². The normalized spacial score (nSPS) is 14.9. The molecule has 0 saturated carbocycles. The Morgan fingerprint density at radius 1 is 1.21 bits per heavy atom. The van der Waals surface area contributed by atoms with E-state index >= 15 is 4.39 Å². The number of hydrogen-bond acceptors (Lipinski definition) is 5. The number of rotatable bonds is 2. The number of nitriles is 1. The van der Waals surface area contributed by atoms with Gasteiger partial charge in [0, 0.05) is 38.3 Å². The Labute approximate surface area is 170 Å². The molecule has 1 aliphatic heterocycles. The van der Waals surface area contributed by atoms with Gasteiger partial charge >= 0.3 is 0 Å². The first-order valence-corrected chi connectivity index (χ1v) is 9.32. The summed E-state index contributed by atoms with van der Waals surface area (Å²) in [6, 6.07) is 7.07. The molecule has 1 aliphatic rings. The Balaban J connectivity index is 1.88. The highest BCUT2D eigenvalue weighted by Gasteiger charge is 2.24. The fraction of sp³-hybridized carbons (Fsp3) is 0.250. The standard InChI is InChI=1S/C20H16ClF2N5O/c1-27-4-6-28(7-5-27)20-13(22)8-14-17(18(20)23)16(29)9-15(26-14)19-12(21)3-2-11(10-24)25-19/h2-3,8-9H,4-7H2,1H3,(H,26,29). The van der Waals surface area contributed by atoms with Gasteiger partial charge in [-0.2, -0.15) is 5.26 Å². The van der Waals surface area contributed by atoms with Gasteiger partial charge in [-0.1, -0.05) is 11.6 Å². The topological polar surface area (TPSA) is 76.0 Å². The molecule has 148 valence electrons. The molecule has 4 rings (SSSR count). The number of piperazine rings is 1. The van der Waals surface area contributed by atoms with Gasteiger partial charge in [-0.15, -0.1) is 0 Å². The molecule has 29 heavy (non-hydrogen) atoms. The Kier molecular flexibility index (Phi) is 4.94. The fourth-order valence-electron chi connectivity index (χ4n) is 3.47. The molecule has 1 N–H and O–H groups in total. The molecular weight excluding hydrogens is 400 g/mol. The molecule has 0 bridgehead atoms. The monoisotopic (exact) mass is 415 g/mol. The van der Waals surface area contributed by atoms with Gasteiger partial charge in [-0.05, 0) is 19.2 Å². The van der Waals surface area contributed by atoms with Crippen LogP contribution in [0.4, 0.5) is 14.5 Å². The minimum Gasteiger partial charge on any atom is -0.364 e. The lowest BCUT2D eigenvalue weighted by atomic mass is 10.1. The zero-order valence-corrected chi connectivity index (χ0v) is 16.2. The number of halogens is 3. The molecule has 0 spiro atoms. The third kappa shape index (κ3) is 3.43. The maximum atomic E-state index is 15.2. The second-order valence-corrected chi connectivity index (χ2v) is 7.33. The zero-order chi connectivity index (χ0) is 20.7. The molecular formula is C20H16ClF2N5O. The van der Waals surface area contributed by atoms with Gasteiger partial charge < -0.3 is 14.8 Å². The van der Waals surface area contributed by atoms with Crippen LogP contribution in [-0.4, -0.2) is 48.1 Å². The predicted molar refractivity (Wildman–Crippen MR) is 107 cm³/mol. The van der Waals surface area contributed by atoms with Gasteiger partial charge in [0.25, 0.3) is 0 Å². The number of aromatic nitrogens is 2. The van der Waals surface area contributed by atoms with E-state index in [1.54, 1.807) is 4.90 Å². The number of anilines is 1. The van der Waals surface area contributed by atoms with Crippen molar-refractivity contribution in [2.75, 3.05) is 38.1 Å². The first-order chi connectivity index (χ1) is 13.9. The highest BCUT2D eigenvalue weighted by Crippen LogP contribution is 2.31. The Bertz CT molecular complexity index is 1210. The van der Waals surface area contributed by atoms with Crippen LogP contribution in [0.1, 0.15) is 5.69 Å². The molecule has 3 heterocycles. The Hall–Kier alpha value is -3.02. The van der Waals surface area contributed by atoms with E-state index in [1.165, 1.54) is 12.1 Å². The van der Waals surface area contributed by atoms with Crippen LogP contribution in [0.15, 0.2) is 29.1 Å². The first-order valence-electron chi connectivity index (χ1n) is 8.94. The smallest absolute Gasteiger partial charge is 0.193 e. The van der Waals surface area contributed by atoms with Gasteiger partial charge in [0.15, 0.2) is 17.1 Å².